The van der Waals surface area contributed by atoms with Gasteiger partial charge in [-0.15, -0.1) is 10.2 Å². The van der Waals surface area contributed by atoms with Gasteiger partial charge in [0, 0.05) is 42.3 Å². The quantitative estimate of drug-likeness (QED) is 0.473. The predicted octanol–water partition coefficient (Wildman–Crippen LogP) is 4.77. The van der Waals surface area contributed by atoms with Gasteiger partial charge in [-0.3, -0.25) is 9.47 Å². The Morgan fingerprint density at radius 1 is 1.05 bits per heavy atom. The smallest absolute Gasteiger partial charge is 0.341 e. The highest BCUT2D eigenvalue weighted by atomic mass is 35.5. The molecular weight excluding hydrogens is 517 g/mol. The van der Waals surface area contributed by atoms with Crippen LogP contribution in [0.1, 0.15) is 60.9 Å². The number of nitriles is 1. The van der Waals surface area contributed by atoms with Crippen LogP contribution in [-0.2, 0) is 13.1 Å². The van der Waals surface area contributed by atoms with Crippen molar-refractivity contribution in [3.63, 3.8) is 0 Å². The monoisotopic (exact) mass is 540 g/mol. The number of piperidine rings is 1. The van der Waals surface area contributed by atoms with Crippen LogP contribution in [0.25, 0.3) is 5.69 Å². The second-order valence-electron chi connectivity index (χ2n) is 11.1. The molecule has 2 aliphatic heterocycles. The number of benzene rings is 1. The highest BCUT2D eigenvalue weighted by Crippen LogP contribution is 2.75. The number of hydrogen-bond acceptors (Lipinski definition) is 7. The largest absolute Gasteiger partial charge is 0.394 e. The predicted molar refractivity (Wildman–Crippen MR) is 132 cm³/mol. The van der Waals surface area contributed by atoms with Crippen LogP contribution in [0.5, 0.6) is 0 Å². The highest BCUT2D eigenvalue weighted by Gasteiger charge is 2.79. The lowest BCUT2D eigenvalue weighted by molar-refractivity contribution is -0.364. The number of aromatic nitrogens is 5. The number of anilines is 1. The van der Waals surface area contributed by atoms with Gasteiger partial charge in [0.15, 0.2) is 5.82 Å². The third-order valence-electron chi connectivity index (χ3n) is 8.91. The molecule has 2 bridgehead atoms. The Hall–Kier alpha value is -3.23. The molecule has 8 rings (SSSR count). The molecule has 1 aromatic carbocycles. The number of alkyl halides is 3. The molecule has 0 unspecified atom stereocenters. The van der Waals surface area contributed by atoms with Crippen molar-refractivity contribution in [1.82, 2.24) is 29.6 Å². The average molecular weight is 541 g/mol. The van der Waals surface area contributed by atoms with Gasteiger partial charge in [0.2, 0.25) is 5.95 Å². The van der Waals surface area contributed by atoms with E-state index in [2.05, 4.69) is 40.6 Å². The summed E-state index contributed by atoms with van der Waals surface area (Å²) in [4.78, 5) is 12.9. The van der Waals surface area contributed by atoms with Crippen LogP contribution < -0.4 is 4.90 Å². The molecule has 0 atom stereocenters. The molecular formula is C26H24ClF3N8. The molecule has 0 amide bonds. The van der Waals surface area contributed by atoms with Gasteiger partial charge in [-0.1, -0.05) is 11.6 Å². The first-order valence-electron chi connectivity index (χ1n) is 12.7. The van der Waals surface area contributed by atoms with Crippen LogP contribution >= 0.6 is 11.6 Å². The molecule has 0 N–H and O–H groups in total. The van der Waals surface area contributed by atoms with Crippen molar-refractivity contribution in [2.75, 3.05) is 18.0 Å². The molecule has 196 valence electrons. The summed E-state index contributed by atoms with van der Waals surface area (Å²) < 4.78 is 42.8. The zero-order valence-corrected chi connectivity index (χ0v) is 21.2. The molecule has 0 radical (unpaired) electrons. The number of halogens is 4. The summed E-state index contributed by atoms with van der Waals surface area (Å²) in [5.41, 5.74) is 0.294. The first-order valence-corrected chi connectivity index (χ1v) is 13.1. The third-order valence-corrected chi connectivity index (χ3v) is 9.14. The Balaban J connectivity index is 1.17. The molecule has 4 heterocycles. The highest BCUT2D eigenvalue weighted by molar-refractivity contribution is 6.30. The summed E-state index contributed by atoms with van der Waals surface area (Å²) in [6.07, 6.45) is -0.492. The van der Waals surface area contributed by atoms with Gasteiger partial charge in [-0.05, 0) is 61.9 Å². The summed E-state index contributed by atoms with van der Waals surface area (Å²) in [5.74, 6) is 2.30. The summed E-state index contributed by atoms with van der Waals surface area (Å²) in [5, 5.41) is 18.9. The molecule has 3 saturated carbocycles. The topological polar surface area (TPSA) is 86.8 Å². The Morgan fingerprint density at radius 3 is 2.53 bits per heavy atom. The summed E-state index contributed by atoms with van der Waals surface area (Å²) in [6, 6.07) is 9.36. The third kappa shape index (κ3) is 3.46. The Kier molecular flexibility index (Phi) is 5.11. The lowest BCUT2D eigenvalue weighted by Gasteiger charge is -2.73. The summed E-state index contributed by atoms with van der Waals surface area (Å²) in [7, 11) is 0. The standard InChI is InChI=1S/C26H24ClF3N8/c27-18-1-2-20-17(9-18)11-37(25-13-24(14-25,15-25)26(28,29)30)12-21-34-35-22(38(20)21)16-4-7-36(8-5-16)23-32-6-3-19(10-31)33-23/h1-3,6,9,16H,4-5,7-8,11-15H2. The Morgan fingerprint density at radius 2 is 1.82 bits per heavy atom. The van der Waals surface area contributed by atoms with E-state index >= 15 is 0 Å². The minimum Gasteiger partial charge on any atom is -0.341 e. The van der Waals surface area contributed by atoms with E-state index in [0.29, 0.717) is 42.8 Å². The van der Waals surface area contributed by atoms with Crippen LogP contribution in [0.15, 0.2) is 30.5 Å². The van der Waals surface area contributed by atoms with E-state index in [-0.39, 0.29) is 25.2 Å². The van der Waals surface area contributed by atoms with Crippen LogP contribution in [-0.4, -0.2) is 54.4 Å². The van der Waals surface area contributed by atoms with E-state index in [0.717, 1.165) is 35.7 Å². The molecule has 3 aromatic rings. The molecule has 3 aliphatic carbocycles. The zero-order chi connectivity index (χ0) is 26.3. The number of nitrogens with zero attached hydrogens (tertiary/aromatic N) is 8. The minimum absolute atomic E-state index is 0.144. The van der Waals surface area contributed by atoms with Crippen molar-refractivity contribution in [2.45, 2.75) is 62.8 Å². The van der Waals surface area contributed by atoms with Crippen molar-refractivity contribution >= 4 is 17.5 Å². The van der Waals surface area contributed by atoms with E-state index in [1.807, 2.05) is 18.2 Å². The van der Waals surface area contributed by atoms with Gasteiger partial charge in [0.1, 0.15) is 17.6 Å². The Labute approximate surface area is 222 Å². The molecule has 0 spiro atoms. The first-order chi connectivity index (χ1) is 18.2. The molecule has 5 aliphatic rings. The van der Waals surface area contributed by atoms with Crippen molar-refractivity contribution < 1.29 is 13.2 Å². The van der Waals surface area contributed by atoms with E-state index in [1.165, 1.54) is 0 Å². The van der Waals surface area contributed by atoms with Crippen LogP contribution in [0.3, 0.4) is 0 Å². The second kappa shape index (κ2) is 8.13. The molecule has 4 fully saturated rings. The van der Waals surface area contributed by atoms with E-state index in [1.54, 1.807) is 12.3 Å². The van der Waals surface area contributed by atoms with E-state index < -0.39 is 17.1 Å². The molecule has 1 saturated heterocycles. The van der Waals surface area contributed by atoms with Gasteiger partial charge >= 0.3 is 6.18 Å². The van der Waals surface area contributed by atoms with Gasteiger partial charge in [0.25, 0.3) is 0 Å². The van der Waals surface area contributed by atoms with Gasteiger partial charge in [-0.25, -0.2) is 9.97 Å². The summed E-state index contributed by atoms with van der Waals surface area (Å²) in [6.45, 7) is 2.40. The van der Waals surface area contributed by atoms with Crippen molar-refractivity contribution in [2.24, 2.45) is 5.41 Å². The number of rotatable bonds is 3. The zero-order valence-electron chi connectivity index (χ0n) is 20.4. The van der Waals surface area contributed by atoms with E-state index in [4.69, 9.17) is 16.9 Å². The fraction of sp³-hybridized carbons (Fsp3) is 0.500. The SMILES string of the molecule is N#Cc1ccnc(N2CCC(c3nnc4n3-c3ccc(Cl)cc3CN(C35CC(C(F)(F)F)(C3)C5)C4)CC2)n1. The number of hydrogen-bond donors (Lipinski definition) is 0. The first kappa shape index (κ1) is 23.9. The Bertz CT molecular complexity index is 1450. The van der Waals surface area contributed by atoms with Gasteiger partial charge in [-0.2, -0.15) is 18.4 Å². The molecule has 8 nitrogen and oxygen atoms in total. The number of fused-ring (bicyclic) bond motifs is 3. The van der Waals surface area contributed by atoms with E-state index in [9.17, 15) is 13.2 Å². The molecule has 2 aromatic heterocycles. The fourth-order valence-electron chi connectivity index (χ4n) is 6.90. The van der Waals surface area contributed by atoms with Crippen LogP contribution in [0.2, 0.25) is 5.02 Å². The molecule has 12 heteroatoms. The van der Waals surface area contributed by atoms with Crippen molar-refractivity contribution in [3.05, 3.63) is 58.4 Å². The normalized spacial score (nSPS) is 27.0. The van der Waals surface area contributed by atoms with Crippen LogP contribution in [0, 0.1) is 16.7 Å². The van der Waals surface area contributed by atoms with Crippen molar-refractivity contribution in [1.29, 1.82) is 5.26 Å². The maximum atomic E-state index is 13.6. The summed E-state index contributed by atoms with van der Waals surface area (Å²) >= 11 is 6.37. The maximum Gasteiger partial charge on any atom is 0.394 e. The molecule has 38 heavy (non-hydrogen) atoms. The lowest BCUT2D eigenvalue weighted by Crippen LogP contribution is -2.78. The maximum absolute atomic E-state index is 13.6. The van der Waals surface area contributed by atoms with Gasteiger partial charge in [0.05, 0.1) is 17.6 Å². The second-order valence-corrected chi connectivity index (χ2v) is 11.5. The average Bonchev–Trinajstić information content (AvgIpc) is 3.18. The van der Waals surface area contributed by atoms with Gasteiger partial charge < -0.3 is 4.90 Å². The minimum atomic E-state index is -4.15. The van der Waals surface area contributed by atoms with Crippen molar-refractivity contribution in [3.8, 4) is 11.8 Å². The van der Waals surface area contributed by atoms with Crippen LogP contribution in [0.4, 0.5) is 19.1 Å². The fourth-order valence-corrected chi connectivity index (χ4v) is 7.09. The lowest BCUT2D eigenvalue weighted by atomic mass is 9.38.